The van der Waals surface area contributed by atoms with E-state index in [-0.39, 0.29) is 0 Å². The van der Waals surface area contributed by atoms with E-state index in [1.54, 1.807) is 0 Å². The number of para-hydroxylation sites is 2. The Kier molecular flexibility index (Phi) is 3.94. The van der Waals surface area contributed by atoms with Crippen molar-refractivity contribution in [3.05, 3.63) is 102 Å². The van der Waals surface area contributed by atoms with Gasteiger partial charge in [-0.05, 0) is 66.4 Å². The standard InChI is InChI=1S/C29H20N2O2/c1-2-9-20(10-3-1)31(21-15-17-26-24(18-21)23-12-6-7-13-25(23)32-26)29-30-28-22-11-5-4-8-19(22)14-16-27(28)33-29/h1-4,6-10,12-18H,5,11H2. The Morgan fingerprint density at radius 3 is 2.45 bits per heavy atom. The highest BCUT2D eigenvalue weighted by Gasteiger charge is 2.22. The summed E-state index contributed by atoms with van der Waals surface area (Å²) >= 11 is 0. The van der Waals surface area contributed by atoms with Crippen molar-refractivity contribution in [2.75, 3.05) is 4.90 Å². The first-order valence-corrected chi connectivity index (χ1v) is 11.2. The molecular formula is C29H20N2O2. The van der Waals surface area contributed by atoms with Crippen molar-refractivity contribution in [2.24, 2.45) is 0 Å². The first-order chi connectivity index (χ1) is 16.3. The molecule has 2 aromatic heterocycles. The van der Waals surface area contributed by atoms with Crippen LogP contribution in [0.5, 0.6) is 0 Å². The van der Waals surface area contributed by atoms with Crippen LogP contribution in [-0.4, -0.2) is 4.98 Å². The van der Waals surface area contributed by atoms with E-state index in [2.05, 4.69) is 53.5 Å². The normalized spacial score (nSPS) is 13.1. The fourth-order valence-corrected chi connectivity index (χ4v) is 4.80. The van der Waals surface area contributed by atoms with Crippen molar-refractivity contribution < 1.29 is 8.83 Å². The molecule has 0 aliphatic heterocycles. The third kappa shape index (κ3) is 2.88. The SMILES string of the molecule is C1=Cc2ccc3oc(N(c4ccccc4)c4ccc5oc6ccccc6c5c4)nc3c2CC1. The molecule has 7 rings (SSSR count). The van der Waals surface area contributed by atoms with Crippen LogP contribution in [0.1, 0.15) is 17.5 Å². The molecule has 0 saturated heterocycles. The van der Waals surface area contributed by atoms with Gasteiger partial charge in [-0.3, -0.25) is 4.90 Å². The Balaban J connectivity index is 1.46. The third-order valence-corrected chi connectivity index (χ3v) is 6.37. The average molecular weight is 428 g/mol. The number of oxazole rings is 1. The first-order valence-electron chi connectivity index (χ1n) is 11.2. The number of fused-ring (bicyclic) bond motifs is 6. The number of hydrogen-bond acceptors (Lipinski definition) is 4. The average Bonchev–Trinajstić information content (AvgIpc) is 3.46. The number of aryl methyl sites for hydroxylation is 1. The van der Waals surface area contributed by atoms with Crippen molar-refractivity contribution in [3.63, 3.8) is 0 Å². The lowest BCUT2D eigenvalue weighted by atomic mass is 9.96. The van der Waals surface area contributed by atoms with Gasteiger partial charge in [-0.15, -0.1) is 0 Å². The second kappa shape index (κ2) is 7.10. The topological polar surface area (TPSA) is 42.4 Å². The second-order valence-corrected chi connectivity index (χ2v) is 8.37. The van der Waals surface area contributed by atoms with Gasteiger partial charge in [-0.1, -0.05) is 54.6 Å². The van der Waals surface area contributed by atoms with Crippen molar-refractivity contribution in [1.29, 1.82) is 0 Å². The van der Waals surface area contributed by atoms with E-state index in [0.29, 0.717) is 6.01 Å². The Morgan fingerprint density at radius 1 is 0.697 bits per heavy atom. The molecule has 4 nitrogen and oxygen atoms in total. The van der Waals surface area contributed by atoms with Crippen LogP contribution in [0.25, 0.3) is 39.1 Å². The Hall–Kier alpha value is -4.31. The van der Waals surface area contributed by atoms with Gasteiger partial charge >= 0.3 is 6.01 Å². The summed E-state index contributed by atoms with van der Waals surface area (Å²) in [6.07, 6.45) is 6.41. The minimum absolute atomic E-state index is 0.561. The molecule has 33 heavy (non-hydrogen) atoms. The number of anilines is 3. The minimum Gasteiger partial charge on any atom is -0.456 e. The predicted molar refractivity (Wildman–Crippen MR) is 133 cm³/mol. The molecule has 2 heterocycles. The summed E-state index contributed by atoms with van der Waals surface area (Å²) in [4.78, 5) is 7.09. The fourth-order valence-electron chi connectivity index (χ4n) is 4.80. The van der Waals surface area contributed by atoms with E-state index in [0.717, 1.165) is 57.3 Å². The van der Waals surface area contributed by atoms with Crippen LogP contribution >= 0.6 is 0 Å². The maximum absolute atomic E-state index is 6.35. The number of allylic oxidation sites excluding steroid dienone is 1. The van der Waals surface area contributed by atoms with Crippen molar-refractivity contribution in [3.8, 4) is 0 Å². The highest BCUT2D eigenvalue weighted by atomic mass is 16.4. The molecule has 0 radical (unpaired) electrons. The van der Waals surface area contributed by atoms with E-state index >= 15 is 0 Å². The van der Waals surface area contributed by atoms with Crippen LogP contribution < -0.4 is 4.90 Å². The van der Waals surface area contributed by atoms with Gasteiger partial charge in [-0.2, -0.15) is 4.98 Å². The van der Waals surface area contributed by atoms with E-state index < -0.39 is 0 Å². The quantitative estimate of drug-likeness (QED) is 0.285. The van der Waals surface area contributed by atoms with Crippen LogP contribution in [0.15, 0.2) is 99.8 Å². The van der Waals surface area contributed by atoms with Crippen LogP contribution in [0.2, 0.25) is 0 Å². The molecule has 1 aliphatic rings. The lowest BCUT2D eigenvalue weighted by molar-refractivity contribution is 0.608. The monoisotopic (exact) mass is 428 g/mol. The fraction of sp³-hybridized carbons (Fsp3) is 0.0690. The molecule has 6 aromatic rings. The Morgan fingerprint density at radius 2 is 1.52 bits per heavy atom. The first kappa shape index (κ1) is 18.3. The Labute approximate surface area is 190 Å². The maximum Gasteiger partial charge on any atom is 0.307 e. The van der Waals surface area contributed by atoms with Gasteiger partial charge in [0.1, 0.15) is 16.7 Å². The summed E-state index contributed by atoms with van der Waals surface area (Å²) in [5.74, 6) is 0. The minimum atomic E-state index is 0.561. The largest absolute Gasteiger partial charge is 0.456 e. The number of rotatable bonds is 3. The highest BCUT2D eigenvalue weighted by Crippen LogP contribution is 2.40. The molecule has 0 spiro atoms. The maximum atomic E-state index is 6.35. The van der Waals surface area contributed by atoms with Crippen LogP contribution in [-0.2, 0) is 6.42 Å². The lowest BCUT2D eigenvalue weighted by Gasteiger charge is -2.21. The zero-order chi connectivity index (χ0) is 21.8. The zero-order valence-corrected chi connectivity index (χ0v) is 17.9. The predicted octanol–water partition coefficient (Wildman–Crippen LogP) is 8.16. The Bertz CT molecular complexity index is 1670. The van der Waals surface area contributed by atoms with Crippen LogP contribution in [0.4, 0.5) is 17.4 Å². The summed E-state index contributed by atoms with van der Waals surface area (Å²) in [5, 5.41) is 2.17. The number of hydrogen-bond donors (Lipinski definition) is 0. The number of nitrogens with zero attached hydrogens (tertiary/aromatic N) is 2. The molecule has 0 amide bonds. The summed E-state index contributed by atoms with van der Waals surface area (Å²) < 4.78 is 12.4. The van der Waals surface area contributed by atoms with E-state index in [4.69, 9.17) is 13.8 Å². The van der Waals surface area contributed by atoms with Gasteiger partial charge in [0, 0.05) is 10.8 Å². The van der Waals surface area contributed by atoms with E-state index in [9.17, 15) is 0 Å². The molecule has 1 aliphatic carbocycles. The molecule has 0 atom stereocenters. The van der Waals surface area contributed by atoms with Gasteiger partial charge in [-0.25, -0.2) is 0 Å². The molecule has 0 fully saturated rings. The smallest absolute Gasteiger partial charge is 0.307 e. The molecule has 0 N–H and O–H groups in total. The molecular weight excluding hydrogens is 408 g/mol. The molecule has 4 aromatic carbocycles. The van der Waals surface area contributed by atoms with E-state index in [1.807, 2.05) is 48.5 Å². The summed E-state index contributed by atoms with van der Waals surface area (Å²) in [6, 6.07) is 29.3. The third-order valence-electron chi connectivity index (χ3n) is 6.37. The van der Waals surface area contributed by atoms with Gasteiger partial charge in [0.15, 0.2) is 5.58 Å². The van der Waals surface area contributed by atoms with Gasteiger partial charge in [0.25, 0.3) is 0 Å². The van der Waals surface area contributed by atoms with Gasteiger partial charge < -0.3 is 8.83 Å². The summed E-state index contributed by atoms with van der Waals surface area (Å²) in [5.41, 5.74) is 7.97. The molecule has 0 unspecified atom stereocenters. The second-order valence-electron chi connectivity index (χ2n) is 8.37. The molecule has 0 bridgehead atoms. The zero-order valence-electron chi connectivity index (χ0n) is 17.9. The molecule has 0 saturated carbocycles. The van der Waals surface area contributed by atoms with Gasteiger partial charge in [0.2, 0.25) is 0 Å². The van der Waals surface area contributed by atoms with Crippen molar-refractivity contribution in [1.82, 2.24) is 4.98 Å². The van der Waals surface area contributed by atoms with E-state index in [1.165, 1.54) is 11.1 Å². The highest BCUT2D eigenvalue weighted by molar-refractivity contribution is 6.06. The number of aromatic nitrogens is 1. The lowest BCUT2D eigenvalue weighted by Crippen LogP contribution is -2.10. The summed E-state index contributed by atoms with van der Waals surface area (Å²) in [6.45, 7) is 0. The van der Waals surface area contributed by atoms with Crippen molar-refractivity contribution in [2.45, 2.75) is 12.8 Å². The van der Waals surface area contributed by atoms with Gasteiger partial charge in [0.05, 0.1) is 11.4 Å². The number of furan rings is 1. The summed E-state index contributed by atoms with van der Waals surface area (Å²) in [7, 11) is 0. The number of benzene rings is 4. The van der Waals surface area contributed by atoms with Crippen LogP contribution in [0, 0.1) is 0 Å². The molecule has 4 heteroatoms. The molecule has 158 valence electrons. The van der Waals surface area contributed by atoms with Crippen molar-refractivity contribution >= 4 is 56.5 Å². The van der Waals surface area contributed by atoms with Crippen LogP contribution in [0.3, 0.4) is 0 Å².